The monoisotopic (exact) mass is 312 g/mol. The van der Waals surface area contributed by atoms with E-state index in [1.54, 1.807) is 0 Å². The highest BCUT2D eigenvalue weighted by Crippen LogP contribution is 2.18. The van der Waals surface area contributed by atoms with E-state index in [1.807, 2.05) is 13.8 Å². The molecule has 116 valence electrons. The summed E-state index contributed by atoms with van der Waals surface area (Å²) in [5.74, 6) is -0.776. The van der Waals surface area contributed by atoms with Crippen LogP contribution in [0, 0.1) is 5.92 Å². The molecule has 0 radical (unpaired) electrons. The summed E-state index contributed by atoms with van der Waals surface area (Å²) in [6, 6.07) is 5.53. The van der Waals surface area contributed by atoms with Gasteiger partial charge in [0.15, 0.2) is 20.9 Å². The number of benzene rings is 1. The zero-order valence-corrected chi connectivity index (χ0v) is 13.4. The van der Waals surface area contributed by atoms with Gasteiger partial charge in [-0.3, -0.25) is 9.59 Å². The molecule has 1 atom stereocenters. The average Bonchev–Trinajstić information content (AvgIpc) is 2.43. The van der Waals surface area contributed by atoms with Crippen LogP contribution in [-0.4, -0.2) is 32.0 Å². The lowest BCUT2D eigenvalue weighted by atomic mass is 10.2. The van der Waals surface area contributed by atoms with Crippen LogP contribution in [0.15, 0.2) is 29.2 Å². The maximum atomic E-state index is 12.3. The minimum absolute atomic E-state index is 0.00139. The summed E-state index contributed by atoms with van der Waals surface area (Å²) in [7, 11) is -3.81. The first-order valence-corrected chi connectivity index (χ1v) is 8.22. The summed E-state index contributed by atoms with van der Waals surface area (Å²) in [5.41, 5.74) is 0.420. The molecule has 0 N–H and O–H groups in total. The van der Waals surface area contributed by atoms with Gasteiger partial charge in [-0.05, 0) is 31.9 Å². The van der Waals surface area contributed by atoms with Gasteiger partial charge in [-0.2, -0.15) is 0 Å². The molecule has 0 aliphatic carbocycles. The number of carbonyl (C=O) groups is 2. The molecule has 0 fully saturated rings. The molecule has 0 aliphatic rings. The number of esters is 1. The van der Waals surface area contributed by atoms with Gasteiger partial charge in [0.1, 0.15) is 0 Å². The Hall–Kier alpha value is -1.69. The average molecular weight is 312 g/mol. The molecule has 1 aromatic rings. The second-order valence-corrected chi connectivity index (χ2v) is 7.56. The molecule has 1 unspecified atom stereocenters. The number of carbonyl (C=O) groups excluding carboxylic acids is 2. The predicted octanol–water partition coefficient (Wildman–Crippen LogP) is 2.25. The van der Waals surface area contributed by atoms with Gasteiger partial charge >= 0.3 is 5.97 Å². The Balaban J connectivity index is 2.94. The Morgan fingerprint density at radius 3 is 2.05 bits per heavy atom. The quantitative estimate of drug-likeness (QED) is 0.595. The Labute approximate surface area is 125 Å². The Kier molecular flexibility index (Phi) is 5.66. The van der Waals surface area contributed by atoms with Crippen LogP contribution in [0.25, 0.3) is 0 Å². The number of ether oxygens (including phenoxy) is 1. The minimum atomic E-state index is -3.81. The maximum Gasteiger partial charge on any atom is 0.324 e. The first-order valence-electron chi connectivity index (χ1n) is 6.67. The molecule has 1 rings (SSSR count). The van der Waals surface area contributed by atoms with Gasteiger partial charge in [0.25, 0.3) is 0 Å². The minimum Gasteiger partial charge on any atom is -0.464 e. The largest absolute Gasteiger partial charge is 0.464 e. The standard InChI is InChI=1S/C15H20O5S/c1-10(2)9-20-15(17)12(4)21(18,19)14-7-5-13(6-8-14)11(3)16/h5-8,10,12H,9H2,1-4H3. The first kappa shape index (κ1) is 17.4. The summed E-state index contributed by atoms with van der Waals surface area (Å²) >= 11 is 0. The van der Waals surface area contributed by atoms with Gasteiger partial charge in [0.05, 0.1) is 11.5 Å². The molecule has 0 saturated heterocycles. The smallest absolute Gasteiger partial charge is 0.324 e. The number of rotatable bonds is 6. The van der Waals surface area contributed by atoms with Crippen molar-refractivity contribution in [3.63, 3.8) is 0 Å². The summed E-state index contributed by atoms with van der Waals surface area (Å²) in [6.45, 7) is 6.62. The molecule has 0 aromatic heterocycles. The lowest BCUT2D eigenvalue weighted by Crippen LogP contribution is -2.30. The van der Waals surface area contributed by atoms with Gasteiger partial charge in [-0.25, -0.2) is 8.42 Å². The van der Waals surface area contributed by atoms with Crippen LogP contribution in [-0.2, 0) is 19.4 Å². The molecule has 21 heavy (non-hydrogen) atoms. The first-order chi connectivity index (χ1) is 9.66. The molecular weight excluding hydrogens is 292 g/mol. The molecule has 0 bridgehead atoms. The van der Waals surface area contributed by atoms with Crippen LogP contribution < -0.4 is 0 Å². The van der Waals surface area contributed by atoms with E-state index in [0.717, 1.165) is 0 Å². The topological polar surface area (TPSA) is 77.5 Å². The van der Waals surface area contributed by atoms with E-state index < -0.39 is 21.1 Å². The van der Waals surface area contributed by atoms with Gasteiger partial charge < -0.3 is 4.74 Å². The van der Waals surface area contributed by atoms with Crippen molar-refractivity contribution in [1.82, 2.24) is 0 Å². The Morgan fingerprint density at radius 1 is 1.10 bits per heavy atom. The molecule has 0 amide bonds. The third-order valence-electron chi connectivity index (χ3n) is 2.95. The highest BCUT2D eigenvalue weighted by molar-refractivity contribution is 7.92. The van der Waals surface area contributed by atoms with Crippen LogP contribution in [0.4, 0.5) is 0 Å². The van der Waals surface area contributed by atoms with Crippen molar-refractivity contribution in [3.05, 3.63) is 29.8 Å². The van der Waals surface area contributed by atoms with Gasteiger partial charge in [-0.1, -0.05) is 26.0 Å². The fourth-order valence-electron chi connectivity index (χ4n) is 1.58. The van der Waals surface area contributed by atoms with Gasteiger partial charge in [0, 0.05) is 5.56 Å². The van der Waals surface area contributed by atoms with E-state index in [9.17, 15) is 18.0 Å². The van der Waals surface area contributed by atoms with E-state index in [2.05, 4.69) is 0 Å². The number of sulfone groups is 1. The fourth-order valence-corrected chi connectivity index (χ4v) is 2.82. The van der Waals surface area contributed by atoms with Gasteiger partial charge in [0.2, 0.25) is 0 Å². The molecule has 6 heteroatoms. The Bertz CT molecular complexity index is 614. The predicted molar refractivity (Wildman–Crippen MR) is 78.9 cm³/mol. The van der Waals surface area contributed by atoms with Gasteiger partial charge in [-0.15, -0.1) is 0 Å². The van der Waals surface area contributed by atoms with E-state index in [4.69, 9.17) is 4.74 Å². The zero-order chi connectivity index (χ0) is 16.2. The maximum absolute atomic E-state index is 12.3. The molecular formula is C15H20O5S. The fraction of sp³-hybridized carbons (Fsp3) is 0.467. The molecule has 1 aromatic carbocycles. The van der Waals surface area contributed by atoms with Crippen LogP contribution >= 0.6 is 0 Å². The van der Waals surface area contributed by atoms with Crippen molar-refractivity contribution in [1.29, 1.82) is 0 Å². The SMILES string of the molecule is CC(=O)c1ccc(S(=O)(=O)C(C)C(=O)OCC(C)C)cc1. The summed E-state index contributed by atoms with van der Waals surface area (Å²) < 4.78 is 29.6. The molecule has 0 heterocycles. The molecule has 0 saturated carbocycles. The second kappa shape index (κ2) is 6.85. The van der Waals surface area contributed by atoms with E-state index in [1.165, 1.54) is 38.1 Å². The van der Waals surface area contributed by atoms with Crippen LogP contribution in [0.1, 0.15) is 38.1 Å². The lowest BCUT2D eigenvalue weighted by molar-refractivity contribution is -0.143. The third kappa shape index (κ3) is 4.39. The molecule has 0 aliphatic heterocycles. The molecule has 0 spiro atoms. The normalized spacial score (nSPS) is 13.0. The van der Waals surface area contributed by atoms with Crippen molar-refractivity contribution in [3.8, 4) is 0 Å². The van der Waals surface area contributed by atoms with Crippen LogP contribution in [0.2, 0.25) is 0 Å². The highest BCUT2D eigenvalue weighted by Gasteiger charge is 2.31. The van der Waals surface area contributed by atoms with Crippen LogP contribution in [0.5, 0.6) is 0 Å². The van der Waals surface area contributed by atoms with Crippen molar-refractivity contribution in [2.24, 2.45) is 5.92 Å². The zero-order valence-electron chi connectivity index (χ0n) is 12.6. The summed E-state index contributed by atoms with van der Waals surface area (Å²) in [5, 5.41) is -1.28. The van der Waals surface area contributed by atoms with Crippen molar-refractivity contribution >= 4 is 21.6 Å². The number of hydrogen-bond acceptors (Lipinski definition) is 5. The number of ketones is 1. The number of hydrogen-bond donors (Lipinski definition) is 0. The lowest BCUT2D eigenvalue weighted by Gasteiger charge is -2.14. The van der Waals surface area contributed by atoms with E-state index in [-0.39, 0.29) is 23.2 Å². The molecule has 5 nitrogen and oxygen atoms in total. The van der Waals surface area contributed by atoms with E-state index >= 15 is 0 Å². The number of Topliss-reactive ketones (excluding diaryl/α,β-unsaturated/α-hetero) is 1. The van der Waals surface area contributed by atoms with Crippen molar-refractivity contribution in [2.75, 3.05) is 6.61 Å². The second-order valence-electron chi connectivity index (χ2n) is 5.29. The summed E-state index contributed by atoms with van der Waals surface area (Å²) in [4.78, 5) is 23.0. The van der Waals surface area contributed by atoms with E-state index in [0.29, 0.717) is 5.56 Å². The van der Waals surface area contributed by atoms with Crippen LogP contribution in [0.3, 0.4) is 0 Å². The third-order valence-corrected chi connectivity index (χ3v) is 5.00. The Morgan fingerprint density at radius 2 is 1.62 bits per heavy atom. The van der Waals surface area contributed by atoms with Crippen molar-refractivity contribution < 1.29 is 22.7 Å². The summed E-state index contributed by atoms with van der Waals surface area (Å²) in [6.07, 6.45) is 0. The highest BCUT2D eigenvalue weighted by atomic mass is 32.2. The van der Waals surface area contributed by atoms with Crippen molar-refractivity contribution in [2.45, 2.75) is 37.8 Å².